The average molecular weight is 599 g/mol. The van der Waals surface area contributed by atoms with Crippen LogP contribution in [0.4, 0.5) is 0 Å². The van der Waals surface area contributed by atoms with Crippen molar-refractivity contribution in [2.24, 2.45) is 0 Å². The van der Waals surface area contributed by atoms with Crippen LogP contribution in [0, 0.1) is 6.92 Å². The molecule has 2 aliphatic rings. The first-order chi connectivity index (χ1) is 21.0. The molecule has 2 amide bonds. The number of fused-ring (bicyclic) bond motifs is 1. The minimum absolute atomic E-state index is 0.111. The van der Waals surface area contributed by atoms with Crippen LogP contribution in [0.2, 0.25) is 0 Å². The Balaban J connectivity index is 1.22. The van der Waals surface area contributed by atoms with Gasteiger partial charge in [-0.1, -0.05) is 55.3 Å². The van der Waals surface area contributed by atoms with Gasteiger partial charge in [0.05, 0.1) is 18.1 Å². The van der Waals surface area contributed by atoms with Crippen molar-refractivity contribution in [3.8, 4) is 11.5 Å². The van der Waals surface area contributed by atoms with Gasteiger partial charge in [-0.3, -0.25) is 9.59 Å². The van der Waals surface area contributed by atoms with E-state index in [1.165, 1.54) is 24.0 Å². The molecular formula is C36H42N2O4S. The Morgan fingerprint density at radius 2 is 1.72 bits per heavy atom. The third kappa shape index (κ3) is 7.63. The summed E-state index contributed by atoms with van der Waals surface area (Å²) in [7, 11) is 0. The molecule has 2 fully saturated rings. The molecule has 1 saturated heterocycles. The van der Waals surface area contributed by atoms with Crippen LogP contribution in [-0.2, 0) is 17.8 Å². The summed E-state index contributed by atoms with van der Waals surface area (Å²) in [6.45, 7) is 8.31. The predicted molar refractivity (Wildman–Crippen MR) is 175 cm³/mol. The molecule has 0 radical (unpaired) electrons. The van der Waals surface area contributed by atoms with E-state index in [1.54, 1.807) is 11.8 Å². The highest BCUT2D eigenvalue weighted by molar-refractivity contribution is 8.04. The Hall–Kier alpha value is -3.71. The molecule has 5 rings (SSSR count). The standard InChI is InChI=1S/C36H42N2O4S/c1-4-41-31-19-16-27(22-32(31)42-5-2)20-21-37-35(39)28-17-14-26(15-18-28)23-34-36(40)38(24-29-11-7-6-10-25(29)3)30-12-8-9-13-33(30)43-34/h6-7,10-11,14-19,22-23,30,33H,4-5,8-9,12-13,20-21,24H2,1-3H3,(H,37,39)/b34-23+. The first-order valence-corrected chi connectivity index (χ1v) is 16.4. The fraction of sp³-hybridized carbons (Fsp3) is 0.389. The van der Waals surface area contributed by atoms with E-state index in [1.807, 2.05) is 68.5 Å². The molecule has 3 aromatic carbocycles. The number of nitrogens with one attached hydrogen (secondary N) is 1. The van der Waals surface area contributed by atoms with E-state index >= 15 is 0 Å². The number of carbonyl (C=O) groups is 2. The van der Waals surface area contributed by atoms with Crippen LogP contribution in [0.25, 0.3) is 6.08 Å². The Bertz CT molecular complexity index is 1450. The van der Waals surface area contributed by atoms with E-state index in [0.717, 1.165) is 40.4 Å². The zero-order chi connectivity index (χ0) is 30.2. The van der Waals surface area contributed by atoms with Gasteiger partial charge in [0.1, 0.15) is 0 Å². The lowest BCUT2D eigenvalue weighted by molar-refractivity contribution is -0.130. The zero-order valence-corrected chi connectivity index (χ0v) is 26.3. The lowest BCUT2D eigenvalue weighted by atomic mass is 9.92. The summed E-state index contributed by atoms with van der Waals surface area (Å²) in [5.74, 6) is 1.45. The van der Waals surface area contributed by atoms with Gasteiger partial charge in [-0.2, -0.15) is 0 Å². The van der Waals surface area contributed by atoms with Gasteiger partial charge in [0, 0.05) is 29.9 Å². The second-order valence-corrected chi connectivity index (χ2v) is 12.4. The monoisotopic (exact) mass is 598 g/mol. The molecule has 2 unspecified atom stereocenters. The number of ether oxygens (including phenoxy) is 2. The van der Waals surface area contributed by atoms with Crippen molar-refractivity contribution in [3.05, 3.63) is 99.5 Å². The summed E-state index contributed by atoms with van der Waals surface area (Å²) in [5.41, 5.74) is 5.02. The van der Waals surface area contributed by atoms with Crippen LogP contribution in [0.3, 0.4) is 0 Å². The number of nitrogens with zero attached hydrogens (tertiary/aromatic N) is 1. The third-order valence-corrected chi connectivity index (χ3v) is 9.60. The van der Waals surface area contributed by atoms with E-state index in [0.29, 0.717) is 43.5 Å². The minimum atomic E-state index is -0.118. The normalized spacial score (nSPS) is 19.2. The number of rotatable bonds is 11. The molecular weight excluding hydrogens is 556 g/mol. The molecule has 1 heterocycles. The average Bonchev–Trinajstić information content (AvgIpc) is 3.02. The second-order valence-electron chi connectivity index (χ2n) is 11.2. The Kier molecular flexibility index (Phi) is 10.5. The van der Waals surface area contributed by atoms with E-state index in [4.69, 9.17) is 9.47 Å². The highest BCUT2D eigenvalue weighted by Crippen LogP contribution is 2.43. The summed E-state index contributed by atoms with van der Waals surface area (Å²) in [6.07, 6.45) is 7.26. The summed E-state index contributed by atoms with van der Waals surface area (Å²) in [5, 5.41) is 3.44. The van der Waals surface area contributed by atoms with Crippen molar-refractivity contribution in [1.29, 1.82) is 0 Å². The first kappa shape index (κ1) is 30.7. The molecule has 1 aliphatic carbocycles. The van der Waals surface area contributed by atoms with Gasteiger partial charge < -0.3 is 19.7 Å². The maximum atomic E-state index is 13.8. The van der Waals surface area contributed by atoms with E-state index < -0.39 is 0 Å². The predicted octanol–water partition coefficient (Wildman–Crippen LogP) is 7.19. The molecule has 1 aliphatic heterocycles. The maximum Gasteiger partial charge on any atom is 0.260 e. The summed E-state index contributed by atoms with van der Waals surface area (Å²) >= 11 is 1.74. The van der Waals surface area contributed by atoms with Crippen LogP contribution in [-0.4, -0.2) is 47.8 Å². The summed E-state index contributed by atoms with van der Waals surface area (Å²) in [4.78, 5) is 29.5. The van der Waals surface area contributed by atoms with Crippen molar-refractivity contribution in [2.75, 3.05) is 19.8 Å². The third-order valence-electron chi connectivity index (χ3n) is 8.20. The van der Waals surface area contributed by atoms with Crippen LogP contribution >= 0.6 is 11.8 Å². The number of hydrogen-bond acceptors (Lipinski definition) is 5. The molecule has 3 aromatic rings. The molecule has 0 spiro atoms. The van der Waals surface area contributed by atoms with Crippen LogP contribution in [0.1, 0.15) is 72.1 Å². The quantitative estimate of drug-likeness (QED) is 0.237. The maximum absolute atomic E-state index is 13.8. The zero-order valence-electron chi connectivity index (χ0n) is 25.4. The molecule has 1 saturated carbocycles. The number of thioether (sulfide) groups is 1. The van der Waals surface area contributed by atoms with Crippen molar-refractivity contribution >= 4 is 29.7 Å². The highest BCUT2D eigenvalue weighted by atomic mass is 32.2. The van der Waals surface area contributed by atoms with Crippen molar-refractivity contribution < 1.29 is 19.1 Å². The Morgan fingerprint density at radius 3 is 2.49 bits per heavy atom. The number of hydrogen-bond donors (Lipinski definition) is 1. The van der Waals surface area contributed by atoms with E-state index in [2.05, 4.69) is 35.3 Å². The summed E-state index contributed by atoms with van der Waals surface area (Å²) in [6, 6.07) is 22.0. The molecule has 226 valence electrons. The Morgan fingerprint density at radius 1 is 0.977 bits per heavy atom. The number of carbonyl (C=O) groups excluding carboxylic acids is 2. The van der Waals surface area contributed by atoms with Crippen LogP contribution in [0.15, 0.2) is 71.6 Å². The molecule has 6 nitrogen and oxygen atoms in total. The van der Waals surface area contributed by atoms with Crippen molar-refractivity contribution in [2.45, 2.75) is 70.7 Å². The fourth-order valence-corrected chi connectivity index (χ4v) is 7.36. The first-order valence-electron chi connectivity index (χ1n) is 15.5. The van der Waals surface area contributed by atoms with Gasteiger partial charge >= 0.3 is 0 Å². The van der Waals surface area contributed by atoms with Gasteiger partial charge in [0.15, 0.2) is 11.5 Å². The number of amides is 2. The largest absolute Gasteiger partial charge is 0.490 e. The summed E-state index contributed by atoms with van der Waals surface area (Å²) < 4.78 is 11.4. The lowest BCUT2D eigenvalue weighted by Gasteiger charge is -2.44. The topological polar surface area (TPSA) is 67.9 Å². The molecule has 0 aromatic heterocycles. The Labute approximate surface area is 259 Å². The van der Waals surface area contributed by atoms with Gasteiger partial charge in [-0.15, -0.1) is 11.8 Å². The van der Waals surface area contributed by atoms with E-state index in [-0.39, 0.29) is 17.9 Å². The van der Waals surface area contributed by atoms with Gasteiger partial charge in [-0.25, -0.2) is 0 Å². The van der Waals surface area contributed by atoms with Crippen molar-refractivity contribution in [3.63, 3.8) is 0 Å². The SMILES string of the molecule is CCOc1ccc(CCNC(=O)c2ccc(/C=C3/SC4CCCCC4N(Cc4ccccc4C)C3=O)cc2)cc1OCC. The highest BCUT2D eigenvalue weighted by Gasteiger charge is 2.40. The molecule has 7 heteroatoms. The minimum Gasteiger partial charge on any atom is -0.490 e. The van der Waals surface area contributed by atoms with Gasteiger partial charge in [0.25, 0.3) is 11.8 Å². The fourth-order valence-electron chi connectivity index (χ4n) is 5.89. The van der Waals surface area contributed by atoms with E-state index in [9.17, 15) is 9.59 Å². The molecule has 0 bridgehead atoms. The molecule has 1 N–H and O–H groups in total. The number of benzene rings is 3. The second kappa shape index (κ2) is 14.6. The van der Waals surface area contributed by atoms with Gasteiger partial charge in [-0.05, 0) is 92.6 Å². The smallest absolute Gasteiger partial charge is 0.260 e. The molecule has 2 atom stereocenters. The lowest BCUT2D eigenvalue weighted by Crippen LogP contribution is -2.50. The number of aryl methyl sites for hydroxylation is 1. The van der Waals surface area contributed by atoms with Crippen molar-refractivity contribution in [1.82, 2.24) is 10.2 Å². The van der Waals surface area contributed by atoms with Gasteiger partial charge in [0.2, 0.25) is 0 Å². The van der Waals surface area contributed by atoms with Crippen LogP contribution in [0.5, 0.6) is 11.5 Å². The van der Waals surface area contributed by atoms with Crippen LogP contribution < -0.4 is 14.8 Å². The molecule has 43 heavy (non-hydrogen) atoms.